The van der Waals surface area contributed by atoms with Gasteiger partial charge in [-0.2, -0.15) is 0 Å². The Morgan fingerprint density at radius 3 is 2.79 bits per heavy atom. The molecule has 0 aromatic carbocycles. The van der Waals surface area contributed by atoms with Crippen molar-refractivity contribution in [2.24, 2.45) is 4.99 Å². The SMILES string of the molecule is Cc1cc(C)nc(SCC(=O)NC2=NC=CCS2)n1. The smallest absolute Gasteiger partial charge is 0.236 e. The monoisotopic (exact) mass is 294 g/mol. The van der Waals surface area contributed by atoms with Gasteiger partial charge in [-0.25, -0.2) is 15.0 Å². The van der Waals surface area contributed by atoms with Gasteiger partial charge in [-0.05, 0) is 19.9 Å². The van der Waals surface area contributed by atoms with Gasteiger partial charge in [0, 0.05) is 23.3 Å². The predicted octanol–water partition coefficient (Wildman–Crippen LogP) is 1.92. The normalized spacial score (nSPS) is 14.1. The molecule has 0 saturated carbocycles. The lowest BCUT2D eigenvalue weighted by atomic mass is 10.4. The number of aromatic nitrogens is 2. The van der Waals surface area contributed by atoms with Gasteiger partial charge in [-0.1, -0.05) is 29.6 Å². The van der Waals surface area contributed by atoms with Crippen LogP contribution in [0.5, 0.6) is 0 Å². The topological polar surface area (TPSA) is 67.2 Å². The Morgan fingerprint density at radius 1 is 1.42 bits per heavy atom. The highest BCUT2D eigenvalue weighted by molar-refractivity contribution is 8.14. The van der Waals surface area contributed by atoms with Crippen molar-refractivity contribution < 1.29 is 4.79 Å². The van der Waals surface area contributed by atoms with Gasteiger partial charge in [0.1, 0.15) is 0 Å². The summed E-state index contributed by atoms with van der Waals surface area (Å²) in [6, 6.07) is 1.91. The number of carbonyl (C=O) groups excluding carboxylic acids is 1. The number of carbonyl (C=O) groups is 1. The van der Waals surface area contributed by atoms with E-state index in [4.69, 9.17) is 0 Å². The molecule has 0 unspecified atom stereocenters. The summed E-state index contributed by atoms with van der Waals surface area (Å²) in [4.78, 5) is 24.4. The van der Waals surface area contributed by atoms with Gasteiger partial charge in [-0.15, -0.1) is 0 Å². The summed E-state index contributed by atoms with van der Waals surface area (Å²) >= 11 is 2.84. The Kier molecular flexibility index (Phi) is 4.98. The molecule has 0 bridgehead atoms. The molecule has 0 radical (unpaired) electrons. The van der Waals surface area contributed by atoms with Gasteiger partial charge < -0.3 is 5.32 Å². The number of hydrogen-bond donors (Lipinski definition) is 1. The molecule has 5 nitrogen and oxygen atoms in total. The first-order valence-electron chi connectivity index (χ1n) is 5.74. The van der Waals surface area contributed by atoms with Crippen molar-refractivity contribution in [3.05, 3.63) is 29.7 Å². The van der Waals surface area contributed by atoms with Crippen LogP contribution >= 0.6 is 23.5 Å². The van der Waals surface area contributed by atoms with E-state index in [1.165, 1.54) is 23.5 Å². The van der Waals surface area contributed by atoms with Crippen LogP contribution in [0.1, 0.15) is 11.4 Å². The standard InChI is InChI=1S/C12H14N4OS2/c1-8-6-9(2)15-12(14-8)19-7-10(17)16-11-13-4-3-5-18-11/h3-4,6H,5,7H2,1-2H3,(H,13,16,17). The first-order valence-corrected chi connectivity index (χ1v) is 7.71. The van der Waals surface area contributed by atoms with E-state index < -0.39 is 0 Å². The van der Waals surface area contributed by atoms with Gasteiger partial charge in [0.15, 0.2) is 10.3 Å². The molecule has 1 aromatic rings. The Morgan fingerprint density at radius 2 is 2.16 bits per heavy atom. The van der Waals surface area contributed by atoms with Crippen LogP contribution < -0.4 is 5.32 Å². The second-order valence-corrected chi connectivity index (χ2v) is 5.85. The molecular weight excluding hydrogens is 280 g/mol. The van der Waals surface area contributed by atoms with Gasteiger partial charge in [0.25, 0.3) is 0 Å². The summed E-state index contributed by atoms with van der Waals surface area (Å²) in [6.45, 7) is 3.83. The molecule has 0 atom stereocenters. The summed E-state index contributed by atoms with van der Waals surface area (Å²) in [5, 5.41) is 4.04. The maximum atomic E-state index is 11.7. The van der Waals surface area contributed by atoms with Crippen molar-refractivity contribution in [1.82, 2.24) is 15.3 Å². The molecule has 2 heterocycles. The minimum atomic E-state index is -0.0886. The molecule has 100 valence electrons. The number of nitrogens with one attached hydrogen (secondary N) is 1. The zero-order chi connectivity index (χ0) is 13.7. The molecular formula is C12H14N4OS2. The molecule has 1 amide bonds. The van der Waals surface area contributed by atoms with Crippen LogP contribution in [0.2, 0.25) is 0 Å². The van der Waals surface area contributed by atoms with Crippen LogP contribution in [0.4, 0.5) is 0 Å². The summed E-state index contributed by atoms with van der Waals surface area (Å²) in [6.07, 6.45) is 3.64. The van der Waals surface area contributed by atoms with E-state index in [0.29, 0.717) is 10.3 Å². The maximum absolute atomic E-state index is 11.7. The third-order valence-corrected chi connectivity index (χ3v) is 3.84. The summed E-state index contributed by atoms with van der Waals surface area (Å²) < 4.78 is 0. The van der Waals surface area contributed by atoms with Crippen LogP contribution in [0.3, 0.4) is 0 Å². The maximum Gasteiger partial charge on any atom is 0.236 e. The van der Waals surface area contributed by atoms with E-state index in [-0.39, 0.29) is 11.7 Å². The fourth-order valence-corrected chi connectivity index (χ4v) is 2.85. The van der Waals surface area contributed by atoms with Crippen molar-refractivity contribution >= 4 is 34.6 Å². The third-order valence-electron chi connectivity index (χ3n) is 2.15. The summed E-state index contributed by atoms with van der Waals surface area (Å²) in [5.74, 6) is 1.04. The molecule has 7 heteroatoms. The number of amidine groups is 1. The number of amides is 1. The lowest BCUT2D eigenvalue weighted by Gasteiger charge is -2.08. The van der Waals surface area contributed by atoms with Crippen LogP contribution in [-0.2, 0) is 4.79 Å². The van der Waals surface area contributed by atoms with E-state index in [0.717, 1.165) is 17.1 Å². The lowest BCUT2D eigenvalue weighted by Crippen LogP contribution is -2.30. The van der Waals surface area contributed by atoms with E-state index in [9.17, 15) is 4.79 Å². The molecule has 2 rings (SSSR count). The second-order valence-electron chi connectivity index (χ2n) is 3.90. The number of nitrogens with zero attached hydrogens (tertiary/aromatic N) is 3. The Balaban J connectivity index is 1.86. The van der Waals surface area contributed by atoms with E-state index >= 15 is 0 Å². The number of thioether (sulfide) groups is 2. The second kappa shape index (κ2) is 6.72. The first-order chi connectivity index (χ1) is 9.13. The Bertz CT molecular complexity index is 522. The third kappa shape index (κ3) is 4.68. The Hall–Kier alpha value is -1.34. The molecule has 1 aromatic heterocycles. The van der Waals surface area contributed by atoms with Crippen molar-refractivity contribution in [2.45, 2.75) is 19.0 Å². The van der Waals surface area contributed by atoms with Crippen molar-refractivity contribution in [3.63, 3.8) is 0 Å². The average Bonchev–Trinajstić information content (AvgIpc) is 2.36. The average molecular weight is 294 g/mol. The highest BCUT2D eigenvalue weighted by atomic mass is 32.2. The minimum absolute atomic E-state index is 0.0886. The van der Waals surface area contributed by atoms with Crippen molar-refractivity contribution in [1.29, 1.82) is 0 Å². The van der Waals surface area contributed by atoms with Crippen LogP contribution in [0, 0.1) is 13.8 Å². The highest BCUT2D eigenvalue weighted by Crippen LogP contribution is 2.14. The minimum Gasteiger partial charge on any atom is -0.304 e. The van der Waals surface area contributed by atoms with Gasteiger partial charge in [-0.3, -0.25) is 4.79 Å². The zero-order valence-corrected chi connectivity index (χ0v) is 12.3. The molecule has 1 aliphatic rings. The fraction of sp³-hybridized carbons (Fsp3) is 0.333. The van der Waals surface area contributed by atoms with Crippen molar-refractivity contribution in [3.8, 4) is 0 Å². The molecule has 0 saturated heterocycles. The van der Waals surface area contributed by atoms with Crippen LogP contribution in [0.15, 0.2) is 28.5 Å². The lowest BCUT2D eigenvalue weighted by molar-refractivity contribution is -0.117. The summed E-state index contributed by atoms with van der Waals surface area (Å²) in [7, 11) is 0. The van der Waals surface area contributed by atoms with Crippen molar-refractivity contribution in [2.75, 3.05) is 11.5 Å². The fourth-order valence-electron chi connectivity index (χ4n) is 1.44. The van der Waals surface area contributed by atoms with E-state index in [2.05, 4.69) is 20.3 Å². The number of aliphatic imine (C=N–C) groups is 1. The number of rotatable bonds is 3. The Labute approximate surface area is 120 Å². The molecule has 19 heavy (non-hydrogen) atoms. The van der Waals surface area contributed by atoms with Gasteiger partial charge in [0.05, 0.1) is 5.75 Å². The molecule has 0 aliphatic carbocycles. The largest absolute Gasteiger partial charge is 0.304 e. The number of hydrogen-bond acceptors (Lipinski definition) is 6. The van der Waals surface area contributed by atoms with Crippen LogP contribution in [-0.4, -0.2) is 32.5 Å². The number of aryl methyl sites for hydroxylation is 2. The predicted molar refractivity (Wildman–Crippen MR) is 79.4 cm³/mol. The van der Waals surface area contributed by atoms with Gasteiger partial charge >= 0.3 is 0 Å². The molecule has 1 aliphatic heterocycles. The highest BCUT2D eigenvalue weighted by Gasteiger charge is 2.09. The quantitative estimate of drug-likeness (QED) is 0.681. The first kappa shape index (κ1) is 14.1. The van der Waals surface area contributed by atoms with Crippen LogP contribution in [0.25, 0.3) is 0 Å². The molecule has 1 N–H and O–H groups in total. The zero-order valence-electron chi connectivity index (χ0n) is 10.7. The molecule has 0 fully saturated rings. The van der Waals surface area contributed by atoms with Gasteiger partial charge in [0.2, 0.25) is 5.91 Å². The molecule has 0 spiro atoms. The van der Waals surface area contributed by atoms with E-state index in [1.807, 2.05) is 26.0 Å². The van der Waals surface area contributed by atoms with E-state index in [1.54, 1.807) is 6.20 Å². The summed E-state index contributed by atoms with van der Waals surface area (Å²) in [5.41, 5.74) is 1.82.